The first kappa shape index (κ1) is 41.9. The molecule has 70 heavy (non-hydrogen) atoms. The van der Waals surface area contributed by atoms with E-state index in [9.17, 15) is 0 Å². The first-order valence-corrected chi connectivity index (χ1v) is 23.0. The number of para-hydroxylation sites is 3. The number of nitrogens with zero attached hydrogens (tertiary/aromatic N) is 10. The zero-order chi connectivity index (χ0) is 47.0. The minimum Gasteiger partial charge on any atom is -0.310 e. The number of benzene rings is 7. The van der Waals surface area contributed by atoms with Gasteiger partial charge in [0.15, 0.2) is 0 Å². The summed E-state index contributed by atoms with van der Waals surface area (Å²) < 4.78 is 2.40. The van der Waals surface area contributed by atoms with Crippen LogP contribution in [-0.2, 0) is 0 Å². The van der Waals surface area contributed by atoms with Crippen molar-refractivity contribution in [2.75, 3.05) is 4.90 Å². The second-order valence-electron chi connectivity index (χ2n) is 17.2. The Morgan fingerprint density at radius 1 is 0.314 bits per heavy atom. The van der Waals surface area contributed by atoms with Crippen molar-refractivity contribution in [3.8, 4) is 72.4 Å². The molecular formula is C60H42N10. The van der Waals surface area contributed by atoms with Crippen molar-refractivity contribution in [3.63, 3.8) is 0 Å². The molecule has 0 atom stereocenters. The highest BCUT2D eigenvalue weighted by Gasteiger charge is 2.21. The van der Waals surface area contributed by atoms with Gasteiger partial charge >= 0.3 is 0 Å². The van der Waals surface area contributed by atoms with Crippen molar-refractivity contribution < 1.29 is 0 Å². The summed E-state index contributed by atoms with van der Waals surface area (Å²) in [5, 5.41) is 2.28. The van der Waals surface area contributed by atoms with Gasteiger partial charge in [-0.25, -0.2) is 39.9 Å². The van der Waals surface area contributed by atoms with Gasteiger partial charge in [0, 0.05) is 105 Å². The summed E-state index contributed by atoms with van der Waals surface area (Å²) in [7, 11) is 0. The molecule has 0 amide bonds. The van der Waals surface area contributed by atoms with Crippen molar-refractivity contribution in [2.24, 2.45) is 0 Å². The van der Waals surface area contributed by atoms with Gasteiger partial charge < -0.3 is 9.47 Å². The predicted octanol–water partition coefficient (Wildman–Crippen LogP) is 14.0. The molecule has 12 rings (SSSR count). The van der Waals surface area contributed by atoms with Crippen molar-refractivity contribution in [1.82, 2.24) is 44.4 Å². The third-order valence-corrected chi connectivity index (χ3v) is 13.1. The topological polar surface area (TPSA) is 111 Å². The SMILES string of the molecule is Cc1c(-c2cncnc2)cc(-c2cc(-c3cc(-c4cncnc4)c(C)c(-c4cncnc4)c3)cc(-n3c4ccccc4c4cc(N(c5ccccc5)c5ccccc5)ccc43)c2)cc1-c1cncnc1. The molecule has 0 spiro atoms. The average molecular weight is 903 g/mol. The van der Waals surface area contributed by atoms with Crippen LogP contribution >= 0.6 is 0 Å². The lowest BCUT2D eigenvalue weighted by Crippen LogP contribution is -2.09. The molecule has 0 aliphatic carbocycles. The smallest absolute Gasteiger partial charge is 0.115 e. The summed E-state index contributed by atoms with van der Waals surface area (Å²) in [6.45, 7) is 4.27. The van der Waals surface area contributed by atoms with Crippen LogP contribution in [0.5, 0.6) is 0 Å². The van der Waals surface area contributed by atoms with Gasteiger partial charge in [-0.2, -0.15) is 0 Å². The van der Waals surface area contributed by atoms with Gasteiger partial charge in [-0.3, -0.25) is 0 Å². The van der Waals surface area contributed by atoms with Gasteiger partial charge in [-0.1, -0.05) is 54.6 Å². The molecule has 0 N–H and O–H groups in total. The fourth-order valence-corrected chi connectivity index (χ4v) is 9.77. The first-order valence-electron chi connectivity index (χ1n) is 23.0. The van der Waals surface area contributed by atoms with Crippen molar-refractivity contribution in [2.45, 2.75) is 13.8 Å². The summed E-state index contributed by atoms with van der Waals surface area (Å²) in [6, 6.07) is 52.5. The van der Waals surface area contributed by atoms with E-state index in [4.69, 9.17) is 0 Å². The van der Waals surface area contributed by atoms with Crippen LogP contribution in [0.15, 0.2) is 220 Å². The highest BCUT2D eigenvalue weighted by Crippen LogP contribution is 2.44. The molecule has 0 aliphatic heterocycles. The standard InChI is InChI=1S/C60H42N10/c1-39-54(45-27-61-35-62-28-45)22-43(23-55(39)46-29-63-36-64-30-46)41-19-42(44-24-56(47-31-65-37-66-32-47)40(2)57(25-44)48-33-67-38-68-34-48)21-52(20-41)70-59-16-10-9-15-53(59)58-26-51(17-18-60(58)70)69(49-11-5-3-6-12-49)50-13-7-4-8-14-50/h3-38H,1-2H3. The normalized spacial score (nSPS) is 11.3. The quantitative estimate of drug-likeness (QED) is 0.132. The number of hydrogen-bond donors (Lipinski definition) is 0. The van der Waals surface area contributed by atoms with Crippen LogP contribution in [0.1, 0.15) is 11.1 Å². The van der Waals surface area contributed by atoms with Crippen LogP contribution in [0.4, 0.5) is 17.1 Å². The Balaban J connectivity index is 1.14. The lowest BCUT2D eigenvalue weighted by Gasteiger charge is -2.25. The van der Waals surface area contributed by atoms with Gasteiger partial charge in [-0.15, -0.1) is 0 Å². The van der Waals surface area contributed by atoms with Gasteiger partial charge in [-0.05, 0) is 160 Å². The maximum Gasteiger partial charge on any atom is 0.115 e. The maximum absolute atomic E-state index is 4.43. The monoisotopic (exact) mass is 902 g/mol. The second-order valence-corrected chi connectivity index (χ2v) is 17.2. The van der Waals surface area contributed by atoms with Gasteiger partial charge in [0.05, 0.1) is 11.0 Å². The fourth-order valence-electron chi connectivity index (χ4n) is 9.77. The first-order chi connectivity index (χ1) is 34.6. The Kier molecular flexibility index (Phi) is 10.7. The van der Waals surface area contributed by atoms with E-state index in [0.29, 0.717) is 0 Å². The third-order valence-electron chi connectivity index (χ3n) is 13.1. The molecule has 332 valence electrons. The summed E-state index contributed by atoms with van der Waals surface area (Å²) in [5.41, 5.74) is 20.3. The van der Waals surface area contributed by atoms with Gasteiger partial charge in [0.2, 0.25) is 0 Å². The molecular weight excluding hydrogens is 861 g/mol. The Hall–Kier alpha value is -9.54. The molecule has 5 heterocycles. The predicted molar refractivity (Wildman–Crippen MR) is 280 cm³/mol. The van der Waals surface area contributed by atoms with Crippen LogP contribution in [-0.4, -0.2) is 44.4 Å². The Bertz CT molecular complexity index is 3520. The number of rotatable bonds is 10. The zero-order valence-corrected chi connectivity index (χ0v) is 38.3. The molecule has 0 bridgehead atoms. The molecule has 0 fully saturated rings. The van der Waals surface area contributed by atoms with Gasteiger partial charge in [0.25, 0.3) is 0 Å². The largest absolute Gasteiger partial charge is 0.310 e. The molecule has 0 aliphatic rings. The highest BCUT2D eigenvalue weighted by atomic mass is 15.1. The molecule has 0 unspecified atom stereocenters. The van der Waals surface area contributed by atoms with Crippen LogP contribution in [0.2, 0.25) is 0 Å². The molecule has 0 saturated carbocycles. The summed E-state index contributed by atoms with van der Waals surface area (Å²) >= 11 is 0. The number of fused-ring (bicyclic) bond motifs is 3. The van der Waals surface area contributed by atoms with Gasteiger partial charge in [0.1, 0.15) is 25.3 Å². The second kappa shape index (κ2) is 17.9. The minimum atomic E-state index is 0.914. The van der Waals surface area contributed by atoms with Crippen LogP contribution in [0.3, 0.4) is 0 Å². The van der Waals surface area contributed by atoms with E-state index >= 15 is 0 Å². The van der Waals surface area contributed by atoms with Crippen molar-refractivity contribution >= 4 is 38.9 Å². The zero-order valence-electron chi connectivity index (χ0n) is 38.3. The molecule has 10 nitrogen and oxygen atoms in total. The average Bonchev–Trinajstić information content (AvgIpc) is 3.76. The number of hydrogen-bond acceptors (Lipinski definition) is 9. The highest BCUT2D eigenvalue weighted by molar-refractivity contribution is 6.11. The molecule has 10 heteroatoms. The van der Waals surface area contributed by atoms with E-state index in [-0.39, 0.29) is 0 Å². The summed E-state index contributed by atoms with van der Waals surface area (Å²) in [4.78, 5) is 37.8. The fraction of sp³-hybridized carbons (Fsp3) is 0.0333. The van der Waals surface area contributed by atoms with E-state index < -0.39 is 0 Å². The summed E-state index contributed by atoms with van der Waals surface area (Å²) in [5.74, 6) is 0. The number of aromatic nitrogens is 9. The van der Waals surface area contributed by atoms with Crippen molar-refractivity contribution in [3.05, 3.63) is 232 Å². The Morgan fingerprint density at radius 2 is 0.686 bits per heavy atom. The van der Waals surface area contributed by atoms with E-state index in [0.717, 1.165) is 122 Å². The Labute approximate surface area is 404 Å². The molecule has 0 radical (unpaired) electrons. The van der Waals surface area contributed by atoms with Crippen LogP contribution in [0, 0.1) is 13.8 Å². The summed E-state index contributed by atoms with van der Waals surface area (Å²) in [6.07, 6.45) is 21.2. The van der Waals surface area contributed by atoms with E-state index in [1.165, 1.54) is 0 Å². The maximum atomic E-state index is 4.43. The van der Waals surface area contributed by atoms with E-state index in [1.54, 1.807) is 25.3 Å². The number of anilines is 3. The minimum absolute atomic E-state index is 0.914. The molecule has 0 saturated heterocycles. The molecule has 12 aromatic rings. The lowest BCUT2D eigenvalue weighted by molar-refractivity contribution is 1.16. The van der Waals surface area contributed by atoms with Crippen molar-refractivity contribution in [1.29, 1.82) is 0 Å². The molecule has 5 aromatic heterocycles. The van der Waals surface area contributed by atoms with E-state index in [2.05, 4.69) is 209 Å². The third kappa shape index (κ3) is 7.69. The van der Waals surface area contributed by atoms with E-state index in [1.807, 2.05) is 49.6 Å². The molecule has 7 aromatic carbocycles. The lowest BCUT2D eigenvalue weighted by atomic mass is 9.87. The van der Waals surface area contributed by atoms with Crippen LogP contribution < -0.4 is 4.90 Å². The van der Waals surface area contributed by atoms with Crippen LogP contribution in [0.25, 0.3) is 94.3 Å². The Morgan fingerprint density at radius 3 is 1.11 bits per heavy atom.